The lowest BCUT2D eigenvalue weighted by atomic mass is 10.1. The van der Waals surface area contributed by atoms with E-state index in [1.165, 1.54) is 4.90 Å². The van der Waals surface area contributed by atoms with Crippen molar-refractivity contribution in [3.05, 3.63) is 58.1 Å². The molecule has 1 unspecified atom stereocenters. The van der Waals surface area contributed by atoms with Crippen molar-refractivity contribution in [3.63, 3.8) is 0 Å². The van der Waals surface area contributed by atoms with Crippen LogP contribution >= 0.6 is 15.9 Å². The number of nitrogens with zero attached hydrogens (tertiary/aromatic N) is 1. The Hall–Kier alpha value is -2.38. The predicted octanol–water partition coefficient (Wildman–Crippen LogP) is 3.45. The summed E-state index contributed by atoms with van der Waals surface area (Å²) in [6.07, 6.45) is 0. The standard InChI is InChI=1S/C20H24BrN3O3/c1-13(14-8-9-18(27-4)17(21)11-14)22-12-19(25)23-16-7-5-6-15(10-16)20(26)24(2)3/h5-11,13,22H,12H2,1-4H3,(H,23,25). The van der Waals surface area contributed by atoms with E-state index in [2.05, 4.69) is 26.6 Å². The highest BCUT2D eigenvalue weighted by Crippen LogP contribution is 2.27. The Bertz CT molecular complexity index is 824. The molecule has 1 atom stereocenters. The Morgan fingerprint density at radius 3 is 2.56 bits per heavy atom. The molecule has 2 N–H and O–H groups in total. The quantitative estimate of drug-likeness (QED) is 0.701. The molecule has 0 heterocycles. The number of hydrogen-bond donors (Lipinski definition) is 2. The van der Waals surface area contributed by atoms with Crippen LogP contribution in [0.15, 0.2) is 46.9 Å². The van der Waals surface area contributed by atoms with Gasteiger partial charge in [0, 0.05) is 31.4 Å². The van der Waals surface area contributed by atoms with E-state index < -0.39 is 0 Å². The molecule has 144 valence electrons. The Morgan fingerprint density at radius 2 is 1.93 bits per heavy atom. The highest BCUT2D eigenvalue weighted by molar-refractivity contribution is 9.10. The lowest BCUT2D eigenvalue weighted by Gasteiger charge is -2.16. The Labute approximate surface area is 168 Å². The van der Waals surface area contributed by atoms with Crippen molar-refractivity contribution in [3.8, 4) is 5.75 Å². The molecule has 7 heteroatoms. The van der Waals surface area contributed by atoms with Crippen LogP contribution in [0, 0.1) is 0 Å². The van der Waals surface area contributed by atoms with E-state index in [9.17, 15) is 9.59 Å². The molecule has 0 aliphatic carbocycles. The van der Waals surface area contributed by atoms with Crippen LogP contribution in [0.1, 0.15) is 28.9 Å². The van der Waals surface area contributed by atoms with E-state index in [0.717, 1.165) is 15.8 Å². The lowest BCUT2D eigenvalue weighted by Crippen LogP contribution is -2.30. The third-order valence-electron chi connectivity index (χ3n) is 4.04. The number of nitrogens with one attached hydrogen (secondary N) is 2. The number of carbonyl (C=O) groups excluding carboxylic acids is 2. The third kappa shape index (κ3) is 5.80. The minimum atomic E-state index is -0.177. The van der Waals surface area contributed by atoms with Crippen LogP contribution in [0.3, 0.4) is 0 Å². The Balaban J connectivity index is 1.93. The van der Waals surface area contributed by atoms with Crippen molar-refractivity contribution in [2.24, 2.45) is 0 Å². The van der Waals surface area contributed by atoms with Crippen LogP contribution in [0.4, 0.5) is 5.69 Å². The van der Waals surface area contributed by atoms with Gasteiger partial charge in [-0.25, -0.2) is 0 Å². The molecule has 2 rings (SSSR count). The first-order chi connectivity index (χ1) is 12.8. The minimum Gasteiger partial charge on any atom is -0.496 e. The maximum Gasteiger partial charge on any atom is 0.253 e. The van der Waals surface area contributed by atoms with Gasteiger partial charge in [-0.2, -0.15) is 0 Å². The summed E-state index contributed by atoms with van der Waals surface area (Å²) in [4.78, 5) is 25.7. The topological polar surface area (TPSA) is 70.7 Å². The monoisotopic (exact) mass is 433 g/mol. The minimum absolute atomic E-state index is 0.0143. The molecule has 0 fully saturated rings. The number of anilines is 1. The zero-order valence-electron chi connectivity index (χ0n) is 15.9. The fraction of sp³-hybridized carbons (Fsp3) is 0.300. The molecule has 0 aliphatic rings. The second-order valence-corrected chi connectivity index (χ2v) is 7.18. The van der Waals surface area contributed by atoms with Crippen molar-refractivity contribution in [2.75, 3.05) is 33.1 Å². The van der Waals surface area contributed by atoms with Gasteiger partial charge in [-0.15, -0.1) is 0 Å². The summed E-state index contributed by atoms with van der Waals surface area (Å²) in [5.74, 6) is 0.475. The first-order valence-corrected chi connectivity index (χ1v) is 9.29. The van der Waals surface area contributed by atoms with E-state index in [0.29, 0.717) is 11.3 Å². The summed E-state index contributed by atoms with van der Waals surface area (Å²) in [5.41, 5.74) is 2.16. The van der Waals surface area contributed by atoms with Gasteiger partial charge in [0.05, 0.1) is 18.1 Å². The van der Waals surface area contributed by atoms with Gasteiger partial charge < -0.3 is 20.3 Å². The fourth-order valence-electron chi connectivity index (χ4n) is 2.51. The van der Waals surface area contributed by atoms with Crippen LogP contribution < -0.4 is 15.4 Å². The van der Waals surface area contributed by atoms with Crippen molar-refractivity contribution in [1.29, 1.82) is 0 Å². The third-order valence-corrected chi connectivity index (χ3v) is 4.66. The number of halogens is 1. The molecule has 2 aromatic carbocycles. The molecule has 27 heavy (non-hydrogen) atoms. The van der Waals surface area contributed by atoms with Gasteiger partial charge >= 0.3 is 0 Å². The number of carbonyl (C=O) groups is 2. The van der Waals surface area contributed by atoms with Crippen molar-refractivity contribution < 1.29 is 14.3 Å². The predicted molar refractivity (Wildman–Crippen MR) is 110 cm³/mol. The summed E-state index contributed by atoms with van der Waals surface area (Å²) in [5, 5.41) is 6.00. The summed E-state index contributed by atoms with van der Waals surface area (Å²) >= 11 is 3.47. The number of hydrogen-bond acceptors (Lipinski definition) is 4. The number of benzene rings is 2. The molecule has 0 aliphatic heterocycles. The van der Waals surface area contributed by atoms with Crippen LogP contribution in [-0.4, -0.2) is 44.5 Å². The summed E-state index contributed by atoms with van der Waals surface area (Å²) in [6, 6.07) is 12.7. The normalized spacial score (nSPS) is 11.6. The molecule has 0 bridgehead atoms. The van der Waals surface area contributed by atoms with Crippen LogP contribution in [0.5, 0.6) is 5.75 Å². The van der Waals surface area contributed by atoms with Crippen molar-refractivity contribution in [1.82, 2.24) is 10.2 Å². The average molecular weight is 434 g/mol. The maximum absolute atomic E-state index is 12.2. The molecular weight excluding hydrogens is 410 g/mol. The van der Waals surface area contributed by atoms with Crippen LogP contribution in [0.2, 0.25) is 0 Å². The molecule has 2 aromatic rings. The maximum atomic E-state index is 12.2. The highest BCUT2D eigenvalue weighted by Gasteiger charge is 2.12. The van der Waals surface area contributed by atoms with E-state index in [1.807, 2.05) is 25.1 Å². The SMILES string of the molecule is COc1ccc(C(C)NCC(=O)Nc2cccc(C(=O)N(C)C)c2)cc1Br. The van der Waals surface area contributed by atoms with Crippen LogP contribution in [-0.2, 0) is 4.79 Å². The molecular formula is C20H24BrN3O3. The summed E-state index contributed by atoms with van der Waals surface area (Å²) in [6.45, 7) is 2.13. The number of ether oxygens (including phenoxy) is 1. The first-order valence-electron chi connectivity index (χ1n) is 8.50. The van der Waals surface area contributed by atoms with E-state index in [4.69, 9.17) is 4.74 Å². The van der Waals surface area contributed by atoms with Gasteiger partial charge in [0.25, 0.3) is 5.91 Å². The molecule has 0 saturated heterocycles. The molecule has 0 aromatic heterocycles. The molecule has 0 radical (unpaired) electrons. The zero-order valence-corrected chi connectivity index (χ0v) is 17.5. The fourth-order valence-corrected chi connectivity index (χ4v) is 3.07. The van der Waals surface area contributed by atoms with Crippen molar-refractivity contribution >= 4 is 33.4 Å². The summed E-state index contributed by atoms with van der Waals surface area (Å²) < 4.78 is 6.09. The average Bonchev–Trinajstić information content (AvgIpc) is 2.65. The number of methoxy groups -OCH3 is 1. The second kappa shape index (κ2) is 9.53. The highest BCUT2D eigenvalue weighted by atomic mass is 79.9. The molecule has 6 nitrogen and oxygen atoms in total. The largest absolute Gasteiger partial charge is 0.496 e. The van der Waals surface area contributed by atoms with Gasteiger partial charge in [0.1, 0.15) is 5.75 Å². The number of rotatable bonds is 7. The van der Waals surface area contributed by atoms with Gasteiger partial charge in [-0.3, -0.25) is 9.59 Å². The Morgan fingerprint density at radius 1 is 1.19 bits per heavy atom. The number of amides is 2. The smallest absolute Gasteiger partial charge is 0.253 e. The molecule has 0 saturated carbocycles. The van der Waals surface area contributed by atoms with E-state index in [-0.39, 0.29) is 24.4 Å². The van der Waals surface area contributed by atoms with Gasteiger partial charge in [0.2, 0.25) is 5.91 Å². The molecule has 2 amide bonds. The zero-order chi connectivity index (χ0) is 20.0. The van der Waals surface area contributed by atoms with Crippen LogP contribution in [0.25, 0.3) is 0 Å². The Kier molecular flexibility index (Phi) is 7.38. The van der Waals surface area contributed by atoms with E-state index >= 15 is 0 Å². The second-order valence-electron chi connectivity index (χ2n) is 6.33. The van der Waals surface area contributed by atoms with Crippen molar-refractivity contribution in [2.45, 2.75) is 13.0 Å². The van der Waals surface area contributed by atoms with Gasteiger partial charge in [-0.1, -0.05) is 12.1 Å². The molecule has 0 spiro atoms. The van der Waals surface area contributed by atoms with E-state index in [1.54, 1.807) is 45.5 Å². The van der Waals surface area contributed by atoms with Gasteiger partial charge in [-0.05, 0) is 58.7 Å². The van der Waals surface area contributed by atoms with Gasteiger partial charge in [0.15, 0.2) is 0 Å². The lowest BCUT2D eigenvalue weighted by molar-refractivity contribution is -0.115. The first kappa shape index (κ1) is 20.9. The summed E-state index contributed by atoms with van der Waals surface area (Å²) in [7, 11) is 5.00.